The Balaban J connectivity index is 5.03. The van der Waals surface area contributed by atoms with Gasteiger partial charge in [-0.05, 0) is 18.8 Å². The molecule has 0 aromatic rings. The van der Waals surface area contributed by atoms with Gasteiger partial charge < -0.3 is 9.84 Å². The molecule has 0 aliphatic carbocycles. The average molecular weight is 230 g/mol. The molecular formula is C13H26O3. The first-order valence-corrected chi connectivity index (χ1v) is 6.13. The van der Waals surface area contributed by atoms with E-state index in [0.29, 0.717) is 13.0 Å². The molecule has 3 nitrogen and oxygen atoms in total. The maximum atomic E-state index is 12.1. The Kier molecular flexibility index (Phi) is 6.01. The van der Waals surface area contributed by atoms with Gasteiger partial charge >= 0.3 is 5.97 Å². The number of hydrogen-bond acceptors (Lipinski definition) is 3. The lowest BCUT2D eigenvalue weighted by molar-refractivity contribution is -0.168. The molecule has 0 aliphatic heterocycles. The molecule has 96 valence electrons. The van der Waals surface area contributed by atoms with Crippen molar-refractivity contribution in [3.8, 4) is 0 Å². The van der Waals surface area contributed by atoms with Crippen LogP contribution in [0.15, 0.2) is 0 Å². The van der Waals surface area contributed by atoms with E-state index >= 15 is 0 Å². The Morgan fingerprint density at radius 1 is 1.25 bits per heavy atom. The first-order chi connectivity index (χ1) is 7.35. The van der Waals surface area contributed by atoms with Crippen LogP contribution >= 0.6 is 0 Å². The van der Waals surface area contributed by atoms with Crippen molar-refractivity contribution in [2.75, 3.05) is 13.2 Å². The molecule has 16 heavy (non-hydrogen) atoms. The maximum Gasteiger partial charge on any atom is 0.314 e. The summed E-state index contributed by atoms with van der Waals surface area (Å²) in [6, 6.07) is 0. The molecule has 3 heteroatoms. The second kappa shape index (κ2) is 6.24. The topological polar surface area (TPSA) is 46.5 Å². The quantitative estimate of drug-likeness (QED) is 0.714. The lowest BCUT2D eigenvalue weighted by atomic mass is 9.64. The van der Waals surface area contributed by atoms with Gasteiger partial charge in [0.05, 0.1) is 18.6 Å². The van der Waals surface area contributed by atoms with E-state index in [0.717, 1.165) is 12.8 Å². The highest BCUT2D eigenvalue weighted by molar-refractivity contribution is 5.78. The van der Waals surface area contributed by atoms with E-state index in [4.69, 9.17) is 4.74 Å². The smallest absolute Gasteiger partial charge is 0.314 e. The number of unbranched alkanes of at least 4 members (excludes halogenated alkanes) is 1. The van der Waals surface area contributed by atoms with E-state index in [-0.39, 0.29) is 18.0 Å². The fourth-order valence-electron chi connectivity index (χ4n) is 1.91. The lowest BCUT2D eigenvalue weighted by Crippen LogP contribution is -2.47. The largest absolute Gasteiger partial charge is 0.465 e. The van der Waals surface area contributed by atoms with Crippen LogP contribution in [0.3, 0.4) is 0 Å². The van der Waals surface area contributed by atoms with E-state index in [1.165, 1.54) is 0 Å². The van der Waals surface area contributed by atoms with Crippen LogP contribution in [0, 0.1) is 10.8 Å². The highest BCUT2D eigenvalue weighted by Crippen LogP contribution is 2.43. The zero-order valence-corrected chi connectivity index (χ0v) is 11.3. The summed E-state index contributed by atoms with van der Waals surface area (Å²) in [4.78, 5) is 12.1. The van der Waals surface area contributed by atoms with Gasteiger partial charge in [-0.2, -0.15) is 0 Å². The number of aliphatic hydroxyl groups is 1. The minimum atomic E-state index is -0.765. The van der Waals surface area contributed by atoms with Gasteiger partial charge in [-0.3, -0.25) is 4.79 Å². The van der Waals surface area contributed by atoms with E-state index in [9.17, 15) is 9.90 Å². The number of carbonyl (C=O) groups is 1. The van der Waals surface area contributed by atoms with Crippen LogP contribution in [0.2, 0.25) is 0 Å². The first-order valence-electron chi connectivity index (χ1n) is 6.13. The van der Waals surface area contributed by atoms with Gasteiger partial charge in [0.2, 0.25) is 0 Å². The van der Waals surface area contributed by atoms with Crippen molar-refractivity contribution < 1.29 is 14.6 Å². The third-order valence-electron chi connectivity index (χ3n) is 3.33. The SMILES string of the molecule is CCCCC(CO)(C(=O)OCC)C(C)(C)C. The van der Waals surface area contributed by atoms with Gasteiger partial charge in [0.25, 0.3) is 0 Å². The average Bonchev–Trinajstić information content (AvgIpc) is 2.18. The molecule has 0 fully saturated rings. The molecule has 1 N–H and O–H groups in total. The van der Waals surface area contributed by atoms with E-state index in [1.54, 1.807) is 6.92 Å². The molecule has 1 unspecified atom stereocenters. The van der Waals surface area contributed by atoms with Crippen molar-refractivity contribution in [1.29, 1.82) is 0 Å². The number of carbonyl (C=O) groups excluding carboxylic acids is 1. The van der Waals surface area contributed by atoms with Crippen LogP contribution < -0.4 is 0 Å². The highest BCUT2D eigenvalue weighted by Gasteiger charge is 2.48. The summed E-state index contributed by atoms with van der Waals surface area (Å²) in [6.07, 6.45) is 2.62. The third-order valence-corrected chi connectivity index (χ3v) is 3.33. The normalized spacial score (nSPS) is 15.6. The highest BCUT2D eigenvalue weighted by atomic mass is 16.5. The summed E-state index contributed by atoms with van der Waals surface area (Å²) in [5.74, 6) is -0.265. The Morgan fingerprint density at radius 3 is 2.12 bits per heavy atom. The zero-order valence-electron chi connectivity index (χ0n) is 11.3. The molecule has 0 aromatic heterocycles. The summed E-state index contributed by atoms with van der Waals surface area (Å²) in [5, 5.41) is 9.64. The van der Waals surface area contributed by atoms with Crippen LogP contribution in [-0.2, 0) is 9.53 Å². The van der Waals surface area contributed by atoms with Crippen molar-refractivity contribution in [3.05, 3.63) is 0 Å². The fraction of sp³-hybridized carbons (Fsp3) is 0.923. The number of esters is 1. The van der Waals surface area contributed by atoms with Gasteiger partial charge in [-0.25, -0.2) is 0 Å². The number of ether oxygens (including phenoxy) is 1. The summed E-state index contributed by atoms with van der Waals surface area (Å²) in [6.45, 7) is 10.0. The Hall–Kier alpha value is -0.570. The molecule has 0 spiro atoms. The van der Waals surface area contributed by atoms with Gasteiger partial charge in [0.15, 0.2) is 0 Å². The lowest BCUT2D eigenvalue weighted by Gasteiger charge is -2.41. The molecular weight excluding hydrogens is 204 g/mol. The Morgan fingerprint density at radius 2 is 1.81 bits per heavy atom. The molecule has 0 saturated carbocycles. The molecule has 0 saturated heterocycles. The van der Waals surface area contributed by atoms with Crippen LogP contribution in [0.1, 0.15) is 53.9 Å². The third kappa shape index (κ3) is 3.21. The predicted molar refractivity (Wildman–Crippen MR) is 65.1 cm³/mol. The van der Waals surface area contributed by atoms with E-state index in [1.807, 2.05) is 20.8 Å². The number of rotatable bonds is 6. The van der Waals surface area contributed by atoms with Gasteiger partial charge in [0.1, 0.15) is 0 Å². The van der Waals surface area contributed by atoms with Gasteiger partial charge in [0, 0.05) is 0 Å². The summed E-state index contributed by atoms with van der Waals surface area (Å²) < 4.78 is 5.12. The summed E-state index contributed by atoms with van der Waals surface area (Å²) in [5.41, 5.74) is -1.05. The second-order valence-electron chi connectivity index (χ2n) is 5.31. The molecule has 0 amide bonds. The Labute approximate surface area is 99.2 Å². The summed E-state index contributed by atoms with van der Waals surface area (Å²) in [7, 11) is 0. The number of hydrogen-bond donors (Lipinski definition) is 1. The molecule has 0 bridgehead atoms. The van der Waals surface area contributed by atoms with Gasteiger partial charge in [-0.1, -0.05) is 40.5 Å². The molecule has 0 rings (SSSR count). The van der Waals surface area contributed by atoms with Crippen LogP contribution in [0.5, 0.6) is 0 Å². The van der Waals surface area contributed by atoms with Crippen molar-refractivity contribution in [2.45, 2.75) is 53.9 Å². The molecule has 0 aromatic carbocycles. The van der Waals surface area contributed by atoms with Crippen molar-refractivity contribution >= 4 is 5.97 Å². The van der Waals surface area contributed by atoms with Crippen LogP contribution in [0.25, 0.3) is 0 Å². The van der Waals surface area contributed by atoms with Gasteiger partial charge in [-0.15, -0.1) is 0 Å². The zero-order chi connectivity index (χ0) is 12.8. The molecule has 1 atom stereocenters. The number of aliphatic hydroxyl groups excluding tert-OH is 1. The Bertz CT molecular complexity index is 218. The standard InChI is InChI=1S/C13H26O3/c1-6-8-9-13(10-14,12(3,4)5)11(15)16-7-2/h14H,6-10H2,1-5H3. The monoisotopic (exact) mass is 230 g/mol. The minimum absolute atomic E-state index is 0.144. The predicted octanol–water partition coefficient (Wildman–Crippen LogP) is 2.76. The first kappa shape index (κ1) is 15.4. The van der Waals surface area contributed by atoms with E-state index < -0.39 is 5.41 Å². The van der Waals surface area contributed by atoms with Crippen LogP contribution in [-0.4, -0.2) is 24.3 Å². The van der Waals surface area contributed by atoms with E-state index in [2.05, 4.69) is 6.92 Å². The summed E-state index contributed by atoms with van der Waals surface area (Å²) >= 11 is 0. The van der Waals surface area contributed by atoms with Crippen molar-refractivity contribution in [2.24, 2.45) is 10.8 Å². The molecule has 0 heterocycles. The second-order valence-corrected chi connectivity index (χ2v) is 5.31. The van der Waals surface area contributed by atoms with Crippen molar-refractivity contribution in [3.63, 3.8) is 0 Å². The van der Waals surface area contributed by atoms with Crippen LogP contribution in [0.4, 0.5) is 0 Å². The minimum Gasteiger partial charge on any atom is -0.465 e. The maximum absolute atomic E-state index is 12.1. The van der Waals surface area contributed by atoms with Crippen molar-refractivity contribution in [1.82, 2.24) is 0 Å². The molecule has 0 aliphatic rings. The fourth-order valence-corrected chi connectivity index (χ4v) is 1.91. The molecule has 0 radical (unpaired) electrons.